The first-order chi connectivity index (χ1) is 28.4. The van der Waals surface area contributed by atoms with Crippen molar-refractivity contribution in [2.45, 2.75) is 82.0 Å². The number of nitrogens with one attached hydrogen (secondary N) is 2. The van der Waals surface area contributed by atoms with E-state index in [0.29, 0.717) is 48.6 Å². The van der Waals surface area contributed by atoms with Crippen LogP contribution in [0.5, 0.6) is 11.5 Å². The summed E-state index contributed by atoms with van der Waals surface area (Å²) in [4.78, 5) is 83.2. The number of ether oxygens (including phenoxy) is 2. The van der Waals surface area contributed by atoms with Gasteiger partial charge in [-0.25, -0.2) is 0 Å². The minimum atomic E-state index is -1.16. The maximum Gasteiger partial charge on any atom is 0.264 e. The maximum absolute atomic E-state index is 13.4. The number of rotatable bonds is 17. The predicted octanol–water partition coefficient (Wildman–Crippen LogP) is 3.23. The number of anilines is 1. The van der Waals surface area contributed by atoms with E-state index >= 15 is 0 Å². The molecule has 0 aliphatic carbocycles. The molecule has 59 heavy (non-hydrogen) atoms. The van der Waals surface area contributed by atoms with Gasteiger partial charge in [-0.3, -0.25) is 48.9 Å². The standard InChI is InChI=1S/C43H50N8O8/c1-49-22-29(26-16-18-46-21-28(26)39(49)54)25-19-33(58-2)30(34(20-25)59-3)23-50-24-43(45,42(44)57)35(50)13-8-6-4-5-7-9-17-47-31-12-10-11-27-37(31)41(56)51(40(27)55)32-14-15-36(52)48-38(32)53/h10-12,16,18-22,32,35,47H,4-9,13-15,17,23-24,45H2,1-3H3,(H2,44,57)(H,48,52,53). The SMILES string of the molecule is COc1cc(-c2cn(C)c(=O)c3cnccc23)cc(OC)c1CN1CC(N)(C(N)=O)C1CCCCCCCCNc1cccc2c1C(=O)N(C1CCC(=O)NC1=O)C2=O. The third-order valence-corrected chi connectivity index (χ3v) is 11.9. The van der Waals surface area contributed by atoms with E-state index in [2.05, 4.69) is 20.5 Å². The Morgan fingerprint density at radius 2 is 1.66 bits per heavy atom. The van der Waals surface area contributed by atoms with Gasteiger partial charge in [0.25, 0.3) is 17.4 Å². The van der Waals surface area contributed by atoms with Crippen molar-refractivity contribution in [2.75, 3.05) is 32.6 Å². The van der Waals surface area contributed by atoms with Crippen molar-refractivity contribution in [3.8, 4) is 22.6 Å². The third kappa shape index (κ3) is 7.77. The van der Waals surface area contributed by atoms with Crippen LogP contribution in [0, 0.1) is 0 Å². The van der Waals surface area contributed by atoms with E-state index in [1.165, 1.54) is 4.57 Å². The second-order valence-corrected chi connectivity index (χ2v) is 15.6. The average Bonchev–Trinajstić information content (AvgIpc) is 3.48. The van der Waals surface area contributed by atoms with E-state index in [1.807, 2.05) is 18.2 Å². The Kier molecular flexibility index (Phi) is 11.8. The molecule has 2 aromatic heterocycles. The number of pyridine rings is 2. The largest absolute Gasteiger partial charge is 0.496 e. The van der Waals surface area contributed by atoms with Gasteiger partial charge in [-0.1, -0.05) is 38.2 Å². The minimum Gasteiger partial charge on any atom is -0.496 e. The van der Waals surface area contributed by atoms with E-state index in [1.54, 1.807) is 58.1 Å². The molecule has 0 saturated carbocycles. The molecule has 3 atom stereocenters. The molecule has 4 aromatic rings. The lowest BCUT2D eigenvalue weighted by molar-refractivity contribution is -0.137. The quantitative estimate of drug-likeness (QED) is 0.0893. The Balaban J connectivity index is 0.916. The zero-order valence-corrected chi connectivity index (χ0v) is 33.5. The van der Waals surface area contributed by atoms with Crippen molar-refractivity contribution in [1.82, 2.24) is 24.7 Å². The summed E-state index contributed by atoms with van der Waals surface area (Å²) in [6.07, 6.45) is 11.4. The van der Waals surface area contributed by atoms with Gasteiger partial charge in [0.05, 0.1) is 36.3 Å². The molecule has 16 nitrogen and oxygen atoms in total. The Morgan fingerprint density at radius 3 is 2.36 bits per heavy atom. The molecule has 3 aliphatic rings. The number of aryl methyl sites for hydroxylation is 1. The highest BCUT2D eigenvalue weighted by molar-refractivity contribution is 6.25. The molecule has 2 aromatic carbocycles. The number of nitrogens with two attached hydrogens (primary N) is 2. The number of nitrogens with zero attached hydrogens (tertiary/aromatic N) is 4. The number of imide groups is 2. The van der Waals surface area contributed by atoms with Crippen LogP contribution in [-0.2, 0) is 28.0 Å². The van der Waals surface area contributed by atoms with Gasteiger partial charge in [0.1, 0.15) is 23.1 Å². The normalized spacial score (nSPS) is 20.4. The molecule has 3 unspecified atom stereocenters. The van der Waals surface area contributed by atoms with Gasteiger partial charge in [0.15, 0.2) is 0 Å². The Hall–Kier alpha value is -6.13. The number of primary amides is 1. The highest BCUT2D eigenvalue weighted by Gasteiger charge is 2.54. The van der Waals surface area contributed by atoms with Gasteiger partial charge >= 0.3 is 0 Å². The van der Waals surface area contributed by atoms with Crippen molar-refractivity contribution in [3.63, 3.8) is 0 Å². The van der Waals surface area contributed by atoms with Crippen molar-refractivity contribution in [3.05, 3.63) is 82.0 Å². The van der Waals surface area contributed by atoms with Gasteiger partial charge in [0.2, 0.25) is 17.7 Å². The molecule has 2 saturated heterocycles. The summed E-state index contributed by atoms with van der Waals surface area (Å²) in [7, 11) is 4.90. The highest BCUT2D eigenvalue weighted by Crippen LogP contribution is 2.41. The monoisotopic (exact) mass is 806 g/mol. The number of carbonyl (C=O) groups excluding carboxylic acids is 5. The van der Waals surface area contributed by atoms with Gasteiger partial charge in [-0.2, -0.15) is 0 Å². The second kappa shape index (κ2) is 17.0. The minimum absolute atomic E-state index is 0.0644. The fourth-order valence-electron chi connectivity index (χ4n) is 8.71. The summed E-state index contributed by atoms with van der Waals surface area (Å²) < 4.78 is 13.3. The van der Waals surface area contributed by atoms with Crippen LogP contribution >= 0.6 is 0 Å². The number of likely N-dealkylation sites (tertiary alicyclic amines) is 1. The van der Waals surface area contributed by atoms with Crippen LogP contribution in [0.25, 0.3) is 21.9 Å². The molecule has 2 fully saturated rings. The van der Waals surface area contributed by atoms with Crippen LogP contribution in [0.1, 0.15) is 84.1 Å². The molecule has 6 N–H and O–H groups in total. The molecular formula is C43H50N8O8. The first kappa shape index (κ1) is 41.0. The Labute approximate surface area is 341 Å². The Morgan fingerprint density at radius 1 is 0.949 bits per heavy atom. The second-order valence-electron chi connectivity index (χ2n) is 15.6. The number of aromatic nitrogens is 2. The number of hydrogen-bond donors (Lipinski definition) is 4. The topological polar surface area (TPSA) is 221 Å². The molecule has 5 amide bonds. The fraction of sp³-hybridized carbons (Fsp3) is 0.419. The van der Waals surface area contributed by atoms with Crippen LogP contribution in [0.4, 0.5) is 5.69 Å². The van der Waals surface area contributed by atoms with Crippen molar-refractivity contribution >= 4 is 46.0 Å². The molecule has 16 heteroatoms. The van der Waals surface area contributed by atoms with Crippen LogP contribution in [-0.4, -0.2) is 93.8 Å². The fourth-order valence-corrected chi connectivity index (χ4v) is 8.71. The number of carbonyl (C=O) groups is 5. The molecule has 0 radical (unpaired) electrons. The lowest BCUT2D eigenvalue weighted by atomic mass is 9.76. The molecule has 310 valence electrons. The third-order valence-electron chi connectivity index (χ3n) is 11.9. The number of benzene rings is 2. The lowest BCUT2D eigenvalue weighted by Crippen LogP contribution is -2.78. The lowest BCUT2D eigenvalue weighted by Gasteiger charge is -2.54. The molecule has 3 aliphatic heterocycles. The van der Waals surface area contributed by atoms with Gasteiger partial charge in [-0.15, -0.1) is 0 Å². The molecule has 7 rings (SSSR count). The van der Waals surface area contributed by atoms with Gasteiger partial charge < -0.3 is 30.8 Å². The summed E-state index contributed by atoms with van der Waals surface area (Å²) in [6.45, 7) is 1.31. The summed E-state index contributed by atoms with van der Waals surface area (Å²) in [5.74, 6) is -1.45. The molecule has 5 heterocycles. The molecule has 0 bridgehead atoms. The van der Waals surface area contributed by atoms with E-state index < -0.39 is 41.1 Å². The number of methoxy groups -OCH3 is 2. The van der Waals surface area contributed by atoms with Crippen LogP contribution < -0.4 is 37.1 Å². The van der Waals surface area contributed by atoms with E-state index in [0.717, 1.165) is 65.5 Å². The summed E-state index contributed by atoms with van der Waals surface area (Å²) in [5, 5.41) is 6.80. The van der Waals surface area contributed by atoms with Crippen LogP contribution in [0.2, 0.25) is 0 Å². The number of fused-ring (bicyclic) bond motifs is 2. The number of amides is 5. The number of hydrogen-bond acceptors (Lipinski definition) is 12. The van der Waals surface area contributed by atoms with Crippen molar-refractivity contribution in [1.29, 1.82) is 0 Å². The Bertz CT molecular complexity index is 2370. The number of unbranched alkanes of at least 4 members (excludes halogenated alkanes) is 5. The maximum atomic E-state index is 13.4. The molecule has 0 spiro atoms. The zero-order valence-electron chi connectivity index (χ0n) is 33.5. The van der Waals surface area contributed by atoms with E-state index in [-0.39, 0.29) is 35.6 Å². The van der Waals surface area contributed by atoms with Crippen molar-refractivity contribution in [2.24, 2.45) is 18.5 Å². The highest BCUT2D eigenvalue weighted by atomic mass is 16.5. The molecular weight excluding hydrogens is 757 g/mol. The first-order valence-corrected chi connectivity index (χ1v) is 20.0. The van der Waals surface area contributed by atoms with Crippen molar-refractivity contribution < 1.29 is 33.4 Å². The predicted molar refractivity (Wildman–Crippen MR) is 220 cm³/mol. The summed E-state index contributed by atoms with van der Waals surface area (Å²) in [6, 6.07) is 9.43. The average molecular weight is 807 g/mol. The number of piperidine rings is 1. The van der Waals surface area contributed by atoms with Gasteiger partial charge in [0, 0.05) is 69.0 Å². The summed E-state index contributed by atoms with van der Waals surface area (Å²) in [5.41, 5.74) is 14.6. The summed E-state index contributed by atoms with van der Waals surface area (Å²) >= 11 is 0. The van der Waals surface area contributed by atoms with Crippen LogP contribution in [0.15, 0.2) is 59.8 Å². The first-order valence-electron chi connectivity index (χ1n) is 20.0. The smallest absolute Gasteiger partial charge is 0.264 e. The van der Waals surface area contributed by atoms with E-state index in [4.69, 9.17) is 20.9 Å². The van der Waals surface area contributed by atoms with Gasteiger partial charge in [-0.05, 0) is 60.5 Å². The zero-order chi connectivity index (χ0) is 42.0. The van der Waals surface area contributed by atoms with Crippen LogP contribution in [0.3, 0.4) is 0 Å². The van der Waals surface area contributed by atoms with E-state index in [9.17, 15) is 28.8 Å².